The maximum Gasteiger partial charge on any atom is 0.173 e. The molecule has 2 aromatic heterocycles. The predicted octanol–water partition coefficient (Wildman–Crippen LogP) is 2.95. The summed E-state index contributed by atoms with van der Waals surface area (Å²) in [5.74, 6) is -1.65. The van der Waals surface area contributed by atoms with Gasteiger partial charge in [-0.25, -0.2) is 18.4 Å². The van der Waals surface area contributed by atoms with Crippen molar-refractivity contribution in [3.05, 3.63) is 34.5 Å². The van der Waals surface area contributed by atoms with Crippen LogP contribution in [0.1, 0.15) is 5.69 Å². The maximum absolute atomic E-state index is 14.3. The first-order valence-corrected chi connectivity index (χ1v) is 6.45. The normalized spacial score (nSPS) is 11.3. The zero-order chi connectivity index (χ0) is 15.9. The molecule has 22 heavy (non-hydrogen) atoms. The molecule has 1 aromatic carbocycles. The fourth-order valence-electron chi connectivity index (χ4n) is 2.01. The minimum absolute atomic E-state index is 0.00565. The van der Waals surface area contributed by atoms with E-state index in [-0.39, 0.29) is 45.3 Å². The zero-order valence-corrected chi connectivity index (χ0v) is 12.0. The zero-order valence-electron chi connectivity index (χ0n) is 11.2. The number of rotatable bonds is 3. The van der Waals surface area contributed by atoms with Crippen LogP contribution in [0, 0.1) is 11.6 Å². The highest BCUT2D eigenvalue weighted by Crippen LogP contribution is 2.34. The molecule has 0 radical (unpaired) electrons. The third kappa shape index (κ3) is 2.26. The van der Waals surface area contributed by atoms with Gasteiger partial charge in [0.15, 0.2) is 5.82 Å². The van der Waals surface area contributed by atoms with Gasteiger partial charge in [0.05, 0.1) is 23.0 Å². The van der Waals surface area contributed by atoms with E-state index in [9.17, 15) is 8.78 Å². The number of hydrogen-bond acceptors (Lipinski definition) is 6. The SMILES string of the molecule is COCc1nc(-c2cc3nonc3cc2F)c(F)c(N)c1Cl. The molecule has 0 bridgehead atoms. The third-order valence-corrected chi connectivity index (χ3v) is 3.48. The summed E-state index contributed by atoms with van der Waals surface area (Å²) in [6.45, 7) is 0.00565. The molecule has 0 fully saturated rings. The van der Waals surface area contributed by atoms with Crippen molar-refractivity contribution in [1.29, 1.82) is 0 Å². The lowest BCUT2D eigenvalue weighted by Crippen LogP contribution is -2.05. The summed E-state index contributed by atoms with van der Waals surface area (Å²) in [7, 11) is 1.42. The molecular weight excluding hydrogens is 318 g/mol. The highest BCUT2D eigenvalue weighted by molar-refractivity contribution is 6.33. The molecule has 2 N–H and O–H groups in total. The van der Waals surface area contributed by atoms with E-state index >= 15 is 0 Å². The van der Waals surface area contributed by atoms with Gasteiger partial charge in [-0.3, -0.25) is 0 Å². The van der Waals surface area contributed by atoms with E-state index in [1.807, 2.05) is 0 Å². The van der Waals surface area contributed by atoms with E-state index in [0.717, 1.165) is 6.07 Å². The number of methoxy groups -OCH3 is 1. The molecule has 0 unspecified atom stereocenters. The predicted molar refractivity (Wildman–Crippen MR) is 75.1 cm³/mol. The second-order valence-electron chi connectivity index (χ2n) is 4.47. The minimum Gasteiger partial charge on any atom is -0.395 e. The monoisotopic (exact) mass is 326 g/mol. The Hall–Kier alpha value is -2.32. The van der Waals surface area contributed by atoms with Crippen molar-refractivity contribution in [2.45, 2.75) is 6.61 Å². The Morgan fingerprint density at radius 3 is 2.64 bits per heavy atom. The lowest BCUT2D eigenvalue weighted by molar-refractivity contribution is 0.181. The number of ether oxygens (including phenoxy) is 1. The van der Waals surface area contributed by atoms with E-state index in [0.29, 0.717) is 0 Å². The second-order valence-corrected chi connectivity index (χ2v) is 4.84. The maximum atomic E-state index is 14.3. The van der Waals surface area contributed by atoms with Crippen LogP contribution < -0.4 is 5.73 Å². The summed E-state index contributed by atoms with van der Waals surface area (Å²) in [6, 6.07) is 2.35. The van der Waals surface area contributed by atoms with Crippen molar-refractivity contribution < 1.29 is 18.1 Å². The van der Waals surface area contributed by atoms with Gasteiger partial charge in [-0.15, -0.1) is 0 Å². The Kier molecular flexibility index (Phi) is 3.63. The number of nitrogen functional groups attached to an aromatic ring is 1. The van der Waals surface area contributed by atoms with Crippen LogP contribution in [0.4, 0.5) is 14.5 Å². The lowest BCUT2D eigenvalue weighted by Gasteiger charge is -2.11. The van der Waals surface area contributed by atoms with Crippen LogP contribution in [0.5, 0.6) is 0 Å². The smallest absolute Gasteiger partial charge is 0.173 e. The van der Waals surface area contributed by atoms with Crippen molar-refractivity contribution in [1.82, 2.24) is 15.3 Å². The number of pyridine rings is 1. The van der Waals surface area contributed by atoms with Crippen molar-refractivity contribution in [2.24, 2.45) is 0 Å². The first-order chi connectivity index (χ1) is 10.5. The van der Waals surface area contributed by atoms with E-state index in [1.165, 1.54) is 13.2 Å². The van der Waals surface area contributed by atoms with Crippen molar-refractivity contribution >= 4 is 28.3 Å². The van der Waals surface area contributed by atoms with Gasteiger partial charge in [0.25, 0.3) is 0 Å². The first-order valence-electron chi connectivity index (χ1n) is 6.07. The number of anilines is 1. The minimum atomic E-state index is -0.917. The average molecular weight is 327 g/mol. The Morgan fingerprint density at radius 2 is 1.95 bits per heavy atom. The molecule has 3 aromatic rings. The Morgan fingerprint density at radius 1 is 1.27 bits per heavy atom. The van der Waals surface area contributed by atoms with E-state index in [2.05, 4.69) is 19.9 Å². The van der Waals surface area contributed by atoms with Crippen LogP contribution in [-0.4, -0.2) is 22.4 Å². The number of hydrogen-bond donors (Lipinski definition) is 1. The average Bonchev–Trinajstić information content (AvgIpc) is 2.94. The van der Waals surface area contributed by atoms with E-state index in [1.54, 1.807) is 0 Å². The van der Waals surface area contributed by atoms with Crippen molar-refractivity contribution in [2.75, 3.05) is 12.8 Å². The molecule has 0 aliphatic rings. The van der Waals surface area contributed by atoms with Gasteiger partial charge >= 0.3 is 0 Å². The Balaban J connectivity index is 2.27. The molecule has 0 atom stereocenters. The summed E-state index contributed by atoms with van der Waals surface area (Å²) >= 11 is 5.92. The fourth-order valence-corrected chi connectivity index (χ4v) is 2.19. The molecule has 9 heteroatoms. The van der Waals surface area contributed by atoms with Crippen LogP contribution in [0.15, 0.2) is 16.8 Å². The number of nitrogens with two attached hydrogens (primary N) is 1. The molecule has 3 rings (SSSR count). The van der Waals surface area contributed by atoms with Gasteiger partial charge in [0, 0.05) is 18.7 Å². The van der Waals surface area contributed by atoms with Crippen LogP contribution in [0.25, 0.3) is 22.3 Å². The Bertz CT molecular complexity index is 869. The molecule has 0 saturated heterocycles. The van der Waals surface area contributed by atoms with Crippen LogP contribution in [0.2, 0.25) is 5.02 Å². The molecule has 114 valence electrons. The topological polar surface area (TPSA) is 87.1 Å². The number of benzene rings is 1. The molecule has 0 amide bonds. The highest BCUT2D eigenvalue weighted by Gasteiger charge is 2.21. The number of halogens is 3. The molecule has 0 aliphatic carbocycles. The quantitative estimate of drug-likeness (QED) is 0.796. The third-order valence-electron chi connectivity index (χ3n) is 3.06. The molecule has 2 heterocycles. The summed E-state index contributed by atoms with van der Waals surface area (Å²) in [4.78, 5) is 4.01. The fraction of sp³-hybridized carbons (Fsp3) is 0.154. The van der Waals surface area contributed by atoms with Gasteiger partial charge in [-0.1, -0.05) is 11.6 Å². The van der Waals surface area contributed by atoms with Gasteiger partial charge < -0.3 is 10.5 Å². The van der Waals surface area contributed by atoms with Crippen molar-refractivity contribution in [3.63, 3.8) is 0 Å². The second kappa shape index (κ2) is 5.47. The molecular formula is C13H9ClF2N4O2. The van der Waals surface area contributed by atoms with Crippen molar-refractivity contribution in [3.8, 4) is 11.3 Å². The number of fused-ring (bicyclic) bond motifs is 1. The standard InChI is InChI=1S/C13H9ClF2N4O2/c1-21-4-9-10(14)12(17)11(16)13(18-9)5-2-7-8(3-6(5)15)20-22-19-7/h2-3H,4H2,1H3,(H2,17,18). The van der Waals surface area contributed by atoms with Gasteiger partial charge in [0.1, 0.15) is 22.5 Å². The Labute approximate surface area is 127 Å². The van der Waals surface area contributed by atoms with Gasteiger partial charge in [0.2, 0.25) is 0 Å². The highest BCUT2D eigenvalue weighted by atomic mass is 35.5. The molecule has 6 nitrogen and oxygen atoms in total. The lowest BCUT2D eigenvalue weighted by atomic mass is 10.1. The summed E-state index contributed by atoms with van der Waals surface area (Å²) < 4.78 is 38.0. The number of nitrogens with zero attached hydrogens (tertiary/aromatic N) is 3. The van der Waals surface area contributed by atoms with Gasteiger partial charge in [-0.2, -0.15) is 0 Å². The van der Waals surface area contributed by atoms with Crippen LogP contribution in [-0.2, 0) is 11.3 Å². The molecule has 0 saturated carbocycles. The van der Waals surface area contributed by atoms with Crippen LogP contribution in [0.3, 0.4) is 0 Å². The molecule has 0 aliphatic heterocycles. The number of aromatic nitrogens is 3. The first kappa shape index (κ1) is 14.6. The summed E-state index contributed by atoms with van der Waals surface area (Å²) in [5, 5.41) is 7.04. The molecule has 0 spiro atoms. The largest absolute Gasteiger partial charge is 0.395 e. The van der Waals surface area contributed by atoms with Gasteiger partial charge in [-0.05, 0) is 16.4 Å². The van der Waals surface area contributed by atoms with Crippen LogP contribution >= 0.6 is 11.6 Å². The van der Waals surface area contributed by atoms with E-state index < -0.39 is 11.6 Å². The summed E-state index contributed by atoms with van der Waals surface area (Å²) in [6.07, 6.45) is 0. The van der Waals surface area contributed by atoms with E-state index in [4.69, 9.17) is 22.1 Å². The summed E-state index contributed by atoms with van der Waals surface area (Å²) in [5.41, 5.74) is 5.57.